The Morgan fingerprint density at radius 2 is 1.89 bits per heavy atom. The molecule has 0 heterocycles. The molecule has 0 saturated heterocycles. The van der Waals surface area contributed by atoms with E-state index in [0.29, 0.717) is 11.0 Å². The summed E-state index contributed by atoms with van der Waals surface area (Å²) in [6.45, 7) is 11.6. The van der Waals surface area contributed by atoms with Crippen LogP contribution in [0.15, 0.2) is 0 Å². The van der Waals surface area contributed by atoms with Gasteiger partial charge in [0.2, 0.25) is 0 Å². The number of hydrogen-bond acceptors (Lipinski definition) is 2. The van der Waals surface area contributed by atoms with Crippen molar-refractivity contribution in [1.29, 1.82) is 0 Å². The van der Waals surface area contributed by atoms with Crippen LogP contribution >= 0.6 is 0 Å². The van der Waals surface area contributed by atoms with Crippen LogP contribution in [0.5, 0.6) is 0 Å². The van der Waals surface area contributed by atoms with E-state index in [2.05, 4.69) is 32.6 Å². The van der Waals surface area contributed by atoms with E-state index in [0.717, 1.165) is 18.5 Å². The van der Waals surface area contributed by atoms with Crippen molar-refractivity contribution in [2.24, 2.45) is 17.1 Å². The molecule has 0 aromatic carbocycles. The highest BCUT2D eigenvalue weighted by molar-refractivity contribution is 5.04. The molecule has 2 aliphatic rings. The molecule has 0 radical (unpaired) electrons. The topological polar surface area (TPSA) is 29.3 Å². The van der Waals surface area contributed by atoms with Gasteiger partial charge in [-0.2, -0.15) is 0 Å². The zero-order valence-corrected chi connectivity index (χ0v) is 12.8. The van der Waals surface area contributed by atoms with Crippen LogP contribution in [0.25, 0.3) is 0 Å². The Hall–Kier alpha value is -0.0800. The monoisotopic (exact) mass is 252 g/mol. The van der Waals surface area contributed by atoms with Gasteiger partial charge in [0.05, 0.1) is 0 Å². The molecule has 2 aliphatic carbocycles. The minimum Gasteiger partial charge on any atom is -0.329 e. The molecule has 0 spiro atoms. The Bertz CT molecular complexity index is 281. The Morgan fingerprint density at radius 1 is 1.22 bits per heavy atom. The molecule has 2 heteroatoms. The third kappa shape index (κ3) is 3.08. The van der Waals surface area contributed by atoms with E-state index in [9.17, 15) is 0 Å². The van der Waals surface area contributed by atoms with Crippen molar-refractivity contribution in [3.05, 3.63) is 0 Å². The van der Waals surface area contributed by atoms with Gasteiger partial charge in [0.25, 0.3) is 0 Å². The van der Waals surface area contributed by atoms with Crippen molar-refractivity contribution >= 4 is 0 Å². The van der Waals surface area contributed by atoms with E-state index >= 15 is 0 Å². The summed E-state index contributed by atoms with van der Waals surface area (Å²) in [5.41, 5.74) is 7.03. The Kier molecular flexibility index (Phi) is 4.08. The van der Waals surface area contributed by atoms with Gasteiger partial charge in [0, 0.05) is 24.7 Å². The molecular weight excluding hydrogens is 220 g/mol. The maximum atomic E-state index is 6.26. The summed E-state index contributed by atoms with van der Waals surface area (Å²) in [6, 6.07) is 0.838. The summed E-state index contributed by atoms with van der Waals surface area (Å²) in [4.78, 5) is 2.80. The van der Waals surface area contributed by atoms with Gasteiger partial charge < -0.3 is 5.73 Å². The van der Waals surface area contributed by atoms with Crippen molar-refractivity contribution < 1.29 is 0 Å². The molecule has 1 atom stereocenters. The fourth-order valence-electron chi connectivity index (χ4n) is 4.01. The Labute approximate surface area is 113 Å². The first-order valence-corrected chi connectivity index (χ1v) is 7.85. The molecule has 0 aromatic heterocycles. The summed E-state index contributed by atoms with van der Waals surface area (Å²) >= 11 is 0. The lowest BCUT2D eigenvalue weighted by molar-refractivity contribution is -0.00323. The fourth-order valence-corrected chi connectivity index (χ4v) is 4.01. The molecule has 18 heavy (non-hydrogen) atoms. The highest BCUT2D eigenvalue weighted by atomic mass is 15.3. The van der Waals surface area contributed by atoms with Gasteiger partial charge in [0.1, 0.15) is 0 Å². The fraction of sp³-hybridized carbons (Fsp3) is 1.00. The van der Waals surface area contributed by atoms with Crippen molar-refractivity contribution in [3.63, 3.8) is 0 Å². The second-order valence-electron chi connectivity index (χ2n) is 7.90. The van der Waals surface area contributed by atoms with Gasteiger partial charge in [-0.15, -0.1) is 0 Å². The number of nitrogens with two attached hydrogens (primary N) is 1. The molecule has 2 fully saturated rings. The molecule has 0 aliphatic heterocycles. The number of nitrogens with zero attached hydrogens (tertiary/aromatic N) is 1. The Morgan fingerprint density at radius 3 is 2.33 bits per heavy atom. The van der Waals surface area contributed by atoms with E-state index in [4.69, 9.17) is 5.73 Å². The van der Waals surface area contributed by atoms with Crippen molar-refractivity contribution in [3.8, 4) is 0 Å². The number of rotatable bonds is 5. The van der Waals surface area contributed by atoms with Gasteiger partial charge >= 0.3 is 0 Å². The second-order valence-corrected chi connectivity index (χ2v) is 7.90. The van der Waals surface area contributed by atoms with Crippen LogP contribution in [-0.4, -0.2) is 29.6 Å². The zero-order valence-electron chi connectivity index (χ0n) is 12.8. The van der Waals surface area contributed by atoms with Crippen molar-refractivity contribution in [1.82, 2.24) is 4.90 Å². The largest absolute Gasteiger partial charge is 0.329 e. The number of hydrogen-bond donors (Lipinski definition) is 1. The van der Waals surface area contributed by atoms with Crippen LogP contribution in [0.1, 0.15) is 66.2 Å². The van der Waals surface area contributed by atoms with Crippen LogP contribution in [0.2, 0.25) is 0 Å². The summed E-state index contributed by atoms with van der Waals surface area (Å²) in [5.74, 6) is 0.749. The van der Waals surface area contributed by atoms with E-state index in [1.165, 1.54) is 45.1 Å². The minimum absolute atomic E-state index is 0.299. The molecule has 2 nitrogen and oxygen atoms in total. The lowest BCUT2D eigenvalue weighted by Gasteiger charge is -2.52. The van der Waals surface area contributed by atoms with Crippen LogP contribution in [-0.2, 0) is 0 Å². The van der Waals surface area contributed by atoms with Crippen LogP contribution in [0.3, 0.4) is 0 Å². The second kappa shape index (κ2) is 5.13. The molecule has 2 N–H and O–H groups in total. The lowest BCUT2D eigenvalue weighted by atomic mass is 9.67. The normalized spacial score (nSPS) is 32.2. The van der Waals surface area contributed by atoms with E-state index < -0.39 is 0 Å². The third-order valence-electron chi connectivity index (χ3n) is 4.84. The molecule has 2 saturated carbocycles. The molecule has 0 aromatic rings. The van der Waals surface area contributed by atoms with Gasteiger partial charge in [-0.25, -0.2) is 0 Å². The molecular formula is C16H32N2. The highest BCUT2D eigenvalue weighted by Gasteiger charge is 2.47. The average Bonchev–Trinajstić information content (AvgIpc) is 3.07. The molecule has 2 rings (SSSR count). The first kappa shape index (κ1) is 14.3. The quantitative estimate of drug-likeness (QED) is 0.812. The summed E-state index contributed by atoms with van der Waals surface area (Å²) in [7, 11) is 0. The first-order chi connectivity index (χ1) is 8.38. The predicted octanol–water partition coefficient (Wildman–Crippen LogP) is 3.40. The van der Waals surface area contributed by atoms with Crippen molar-refractivity contribution in [2.75, 3.05) is 13.1 Å². The third-order valence-corrected chi connectivity index (χ3v) is 4.84. The first-order valence-electron chi connectivity index (χ1n) is 7.85. The van der Waals surface area contributed by atoms with Gasteiger partial charge in [-0.05, 0) is 43.4 Å². The standard InChI is InChI=1S/C16H32N2/c1-13(2)10-18(14-6-7-14)16(12-17)9-5-8-15(3,4)11-16/h13-14H,5-12,17H2,1-4H3. The van der Waals surface area contributed by atoms with E-state index in [1.807, 2.05) is 0 Å². The maximum absolute atomic E-state index is 6.26. The summed E-state index contributed by atoms with van der Waals surface area (Å²) in [6.07, 6.45) is 8.13. The van der Waals surface area contributed by atoms with Gasteiger partial charge in [-0.1, -0.05) is 34.1 Å². The van der Waals surface area contributed by atoms with Gasteiger partial charge in [0.15, 0.2) is 0 Å². The van der Waals surface area contributed by atoms with E-state index in [-0.39, 0.29) is 0 Å². The predicted molar refractivity (Wildman–Crippen MR) is 78.6 cm³/mol. The average molecular weight is 252 g/mol. The summed E-state index contributed by atoms with van der Waals surface area (Å²) < 4.78 is 0. The molecule has 1 unspecified atom stereocenters. The van der Waals surface area contributed by atoms with Crippen molar-refractivity contribution in [2.45, 2.75) is 77.8 Å². The lowest BCUT2D eigenvalue weighted by Crippen LogP contribution is -2.59. The van der Waals surface area contributed by atoms with Crippen LogP contribution < -0.4 is 5.73 Å². The zero-order chi connectivity index (χ0) is 13.4. The van der Waals surface area contributed by atoms with E-state index in [1.54, 1.807) is 0 Å². The SMILES string of the molecule is CC(C)CN(C1CC1)C1(CN)CCCC(C)(C)C1. The Balaban J connectivity index is 2.17. The maximum Gasteiger partial charge on any atom is 0.0339 e. The van der Waals surface area contributed by atoms with Gasteiger partial charge in [-0.3, -0.25) is 4.90 Å². The highest BCUT2D eigenvalue weighted by Crippen LogP contribution is 2.47. The molecule has 0 amide bonds. The molecule has 106 valence electrons. The smallest absolute Gasteiger partial charge is 0.0339 e. The minimum atomic E-state index is 0.299. The summed E-state index contributed by atoms with van der Waals surface area (Å²) in [5, 5.41) is 0. The van der Waals surface area contributed by atoms with Crippen LogP contribution in [0.4, 0.5) is 0 Å². The molecule has 0 bridgehead atoms. The van der Waals surface area contributed by atoms with Crippen LogP contribution in [0, 0.1) is 11.3 Å².